The van der Waals surface area contributed by atoms with Crippen molar-refractivity contribution in [2.75, 3.05) is 10.1 Å². The maximum atomic E-state index is 13.6. The second kappa shape index (κ2) is 3.62. The molecule has 1 amide bonds. The summed E-state index contributed by atoms with van der Waals surface area (Å²) in [4.78, 5) is 11.0. The first-order chi connectivity index (χ1) is 7.54. The van der Waals surface area contributed by atoms with Crippen LogP contribution in [0.15, 0.2) is 24.3 Å². The van der Waals surface area contributed by atoms with Gasteiger partial charge >= 0.3 is 0 Å². The number of benzene rings is 1. The zero-order valence-corrected chi connectivity index (χ0v) is 8.12. The van der Waals surface area contributed by atoms with Gasteiger partial charge in [0.25, 0.3) is 0 Å². The molecule has 16 heavy (non-hydrogen) atoms. The molecule has 1 aromatic rings. The number of hydrogen-bond donors (Lipinski definition) is 3. The number of halogens is 1. The van der Waals surface area contributed by atoms with Gasteiger partial charge < -0.3 is 5.73 Å². The molecule has 0 radical (unpaired) electrons. The highest BCUT2D eigenvalue weighted by molar-refractivity contribution is 5.88. The van der Waals surface area contributed by atoms with E-state index < -0.39 is 18.2 Å². The number of nitrogens with zero attached hydrogens (tertiary/aromatic N) is 2. The van der Waals surface area contributed by atoms with Crippen LogP contribution in [0.25, 0.3) is 0 Å². The molecule has 2 atom stereocenters. The van der Waals surface area contributed by atoms with Gasteiger partial charge in [0.05, 0.1) is 11.4 Å². The van der Waals surface area contributed by atoms with E-state index in [0.29, 0.717) is 5.06 Å². The van der Waals surface area contributed by atoms with Crippen LogP contribution in [0.5, 0.6) is 0 Å². The maximum Gasteiger partial charge on any atom is 0.247 e. The van der Waals surface area contributed by atoms with Gasteiger partial charge in [-0.15, -0.1) is 0 Å². The highest BCUT2D eigenvalue weighted by Crippen LogP contribution is 2.36. The number of amides is 1. The van der Waals surface area contributed by atoms with E-state index >= 15 is 0 Å². The number of anilines is 2. The summed E-state index contributed by atoms with van der Waals surface area (Å²) >= 11 is 0. The Kier molecular flexibility index (Phi) is 2.41. The third-order valence-corrected chi connectivity index (χ3v) is 2.42. The van der Waals surface area contributed by atoms with Crippen molar-refractivity contribution in [3.63, 3.8) is 0 Å². The molecule has 0 fully saturated rings. The topological polar surface area (TPSA) is 90.0 Å². The summed E-state index contributed by atoms with van der Waals surface area (Å²) in [6, 6.07) is 4.34. The number of para-hydroxylation sites is 2. The second-order valence-electron chi connectivity index (χ2n) is 3.40. The van der Waals surface area contributed by atoms with Crippen molar-refractivity contribution >= 4 is 17.3 Å². The summed E-state index contributed by atoms with van der Waals surface area (Å²) in [5, 5.41) is 19.8. The molecule has 1 aliphatic heterocycles. The van der Waals surface area contributed by atoms with Crippen molar-refractivity contribution in [3.05, 3.63) is 24.3 Å². The van der Waals surface area contributed by atoms with Crippen molar-refractivity contribution in [2.45, 2.75) is 12.3 Å². The lowest BCUT2D eigenvalue weighted by atomic mass is 10.1. The molecule has 0 bridgehead atoms. The molecule has 1 aromatic carbocycles. The molecule has 0 spiro atoms. The third-order valence-electron chi connectivity index (χ3n) is 2.42. The van der Waals surface area contributed by atoms with Crippen LogP contribution < -0.4 is 15.9 Å². The van der Waals surface area contributed by atoms with E-state index in [1.54, 1.807) is 12.1 Å². The van der Waals surface area contributed by atoms with Crippen molar-refractivity contribution in [1.82, 2.24) is 0 Å². The van der Waals surface area contributed by atoms with Crippen LogP contribution in [0.3, 0.4) is 0 Å². The lowest BCUT2D eigenvalue weighted by Gasteiger charge is -2.38. The highest BCUT2D eigenvalue weighted by atomic mass is 19.1. The number of fused-ring (bicyclic) bond motifs is 1. The summed E-state index contributed by atoms with van der Waals surface area (Å²) < 4.78 is 13.6. The molecule has 6 nitrogen and oxygen atoms in total. The van der Waals surface area contributed by atoms with Crippen LogP contribution in [0, 0.1) is 0 Å². The fourth-order valence-corrected chi connectivity index (χ4v) is 1.64. The normalized spacial score (nSPS) is 24.2. The summed E-state index contributed by atoms with van der Waals surface area (Å²) in [5.41, 5.74) is 5.13. The van der Waals surface area contributed by atoms with Crippen LogP contribution >= 0.6 is 0 Å². The molecular weight excluding hydrogens is 217 g/mol. The molecule has 1 aliphatic rings. The van der Waals surface area contributed by atoms with E-state index in [4.69, 9.17) is 5.73 Å². The van der Waals surface area contributed by atoms with Crippen LogP contribution in [-0.4, -0.2) is 28.7 Å². The lowest BCUT2D eigenvalue weighted by molar-refractivity contribution is -0.123. The van der Waals surface area contributed by atoms with Crippen molar-refractivity contribution < 1.29 is 19.6 Å². The monoisotopic (exact) mass is 227 g/mol. The van der Waals surface area contributed by atoms with Gasteiger partial charge in [-0.2, -0.15) is 0 Å². The molecule has 1 heterocycles. The Bertz CT molecular complexity index is 428. The van der Waals surface area contributed by atoms with Gasteiger partial charge in [0.1, 0.15) is 0 Å². The van der Waals surface area contributed by atoms with E-state index in [-0.39, 0.29) is 16.4 Å². The Balaban J connectivity index is 2.51. The van der Waals surface area contributed by atoms with Crippen molar-refractivity contribution in [3.8, 4) is 0 Å². The molecule has 2 rings (SSSR count). The number of hydrogen-bond acceptors (Lipinski definition) is 5. The number of carbonyl (C=O) groups is 1. The van der Waals surface area contributed by atoms with Gasteiger partial charge in [-0.25, -0.2) is 14.5 Å². The predicted octanol–water partition coefficient (Wildman–Crippen LogP) is 0.241. The fourth-order valence-electron chi connectivity index (χ4n) is 1.64. The predicted molar refractivity (Wildman–Crippen MR) is 52.9 cm³/mol. The van der Waals surface area contributed by atoms with Gasteiger partial charge in [-0.1, -0.05) is 12.1 Å². The average Bonchev–Trinajstić information content (AvgIpc) is 2.26. The van der Waals surface area contributed by atoms with Gasteiger partial charge in [0, 0.05) is 0 Å². The van der Waals surface area contributed by atoms with Crippen molar-refractivity contribution in [2.24, 2.45) is 5.73 Å². The Morgan fingerprint density at radius 1 is 1.25 bits per heavy atom. The molecule has 0 saturated heterocycles. The van der Waals surface area contributed by atoms with E-state index in [1.165, 1.54) is 12.1 Å². The van der Waals surface area contributed by atoms with Crippen LogP contribution in [-0.2, 0) is 4.79 Å². The number of nitrogens with two attached hydrogens (primary N) is 1. The number of hydroxylamine groups is 2. The maximum absolute atomic E-state index is 13.6. The highest BCUT2D eigenvalue weighted by Gasteiger charge is 2.42. The van der Waals surface area contributed by atoms with Crippen LogP contribution in [0.2, 0.25) is 0 Å². The lowest BCUT2D eigenvalue weighted by Crippen LogP contribution is -2.58. The average molecular weight is 227 g/mol. The van der Waals surface area contributed by atoms with Crippen LogP contribution in [0.1, 0.15) is 0 Å². The van der Waals surface area contributed by atoms with Gasteiger partial charge in [-0.05, 0) is 12.1 Å². The minimum Gasteiger partial charge on any atom is -0.368 e. The summed E-state index contributed by atoms with van der Waals surface area (Å²) in [6.07, 6.45) is -2.11. The first kappa shape index (κ1) is 10.7. The Labute approximate surface area is 90.2 Å². The second-order valence-corrected chi connectivity index (χ2v) is 3.40. The van der Waals surface area contributed by atoms with Gasteiger partial charge in [0.2, 0.25) is 12.2 Å². The quantitative estimate of drug-likeness (QED) is 0.598. The van der Waals surface area contributed by atoms with E-state index in [9.17, 15) is 19.6 Å². The Hall–Kier alpha value is -1.86. The van der Waals surface area contributed by atoms with E-state index in [2.05, 4.69) is 0 Å². The molecule has 4 N–H and O–H groups in total. The zero-order chi connectivity index (χ0) is 11.9. The van der Waals surface area contributed by atoms with Crippen LogP contribution in [0.4, 0.5) is 15.8 Å². The molecule has 7 heteroatoms. The fraction of sp³-hybridized carbons (Fsp3) is 0.222. The van der Waals surface area contributed by atoms with E-state index in [1.807, 2.05) is 0 Å². The minimum atomic E-state index is -2.11. The van der Waals surface area contributed by atoms with Gasteiger partial charge in [0.15, 0.2) is 6.04 Å². The molecule has 0 aromatic heterocycles. The largest absolute Gasteiger partial charge is 0.368 e. The number of rotatable bonds is 1. The first-order valence-electron chi connectivity index (χ1n) is 4.52. The Morgan fingerprint density at radius 2 is 1.75 bits per heavy atom. The zero-order valence-electron chi connectivity index (χ0n) is 8.12. The number of alkyl halides is 1. The first-order valence-corrected chi connectivity index (χ1v) is 4.52. The molecule has 86 valence electrons. The smallest absolute Gasteiger partial charge is 0.247 e. The summed E-state index contributed by atoms with van der Waals surface area (Å²) in [6.45, 7) is 0. The third kappa shape index (κ3) is 1.37. The van der Waals surface area contributed by atoms with Crippen molar-refractivity contribution in [1.29, 1.82) is 0 Å². The van der Waals surface area contributed by atoms with E-state index in [0.717, 1.165) is 0 Å². The Morgan fingerprint density at radius 3 is 2.25 bits per heavy atom. The standard InChI is InChI=1S/C9H10FN3O3/c10-8-7(9(11)14)12(15)5-3-1-2-4-6(5)13(8)16/h1-4,7-8,15-16H,(H2,11,14). The summed E-state index contributed by atoms with van der Waals surface area (Å²) in [5.74, 6) is -1.07. The molecule has 0 saturated carbocycles. The number of primary amides is 1. The minimum absolute atomic E-state index is 0.0648. The molecule has 0 aliphatic carbocycles. The van der Waals surface area contributed by atoms with Gasteiger partial charge in [-0.3, -0.25) is 15.2 Å². The summed E-state index contributed by atoms with van der Waals surface area (Å²) in [7, 11) is 0. The molecule has 2 unspecified atom stereocenters. The molecular formula is C9H10FN3O3. The SMILES string of the molecule is NC(=O)C1C(F)N(O)c2ccccc2N1O. The number of carbonyl (C=O) groups excluding carboxylic acids is 1.